The summed E-state index contributed by atoms with van der Waals surface area (Å²) in [6.45, 7) is 10.5. The summed E-state index contributed by atoms with van der Waals surface area (Å²) in [4.78, 5) is 12.6. The van der Waals surface area contributed by atoms with E-state index in [-0.39, 0.29) is 22.4 Å². The molecule has 2 unspecified atom stereocenters. The van der Waals surface area contributed by atoms with Crippen molar-refractivity contribution in [3.05, 3.63) is 0 Å². The van der Waals surface area contributed by atoms with Crippen molar-refractivity contribution in [1.29, 1.82) is 0 Å². The van der Waals surface area contributed by atoms with Gasteiger partial charge in [0.2, 0.25) is 0 Å². The van der Waals surface area contributed by atoms with Crippen LogP contribution in [-0.4, -0.2) is 11.6 Å². The molecule has 118 valence electrons. The second kappa shape index (κ2) is 3.68. The van der Waals surface area contributed by atoms with E-state index in [2.05, 4.69) is 20.8 Å². The van der Waals surface area contributed by atoms with Crippen molar-refractivity contribution in [2.75, 3.05) is 0 Å². The number of hydrogen-bond acceptors (Lipinski definition) is 2. The van der Waals surface area contributed by atoms with Crippen LogP contribution in [0.1, 0.15) is 73.1 Å². The Morgan fingerprint density at radius 3 is 2.10 bits per heavy atom. The van der Waals surface area contributed by atoms with Crippen LogP contribution in [0.4, 0.5) is 0 Å². The predicted molar refractivity (Wildman–Crippen MR) is 82.7 cm³/mol. The Hall–Kier alpha value is -0.530. The third-order valence-electron chi connectivity index (χ3n) is 8.40. The first-order valence-corrected chi connectivity index (χ1v) is 8.90. The molecular weight excluding hydrogens is 260 g/mol. The lowest BCUT2D eigenvalue weighted by Gasteiger charge is -2.66. The van der Waals surface area contributed by atoms with Crippen LogP contribution in [-0.2, 0) is 9.53 Å². The first-order valence-electron chi connectivity index (χ1n) is 8.90. The van der Waals surface area contributed by atoms with Crippen molar-refractivity contribution in [1.82, 2.24) is 0 Å². The van der Waals surface area contributed by atoms with Crippen LogP contribution in [0.5, 0.6) is 0 Å². The van der Waals surface area contributed by atoms with E-state index in [4.69, 9.17) is 4.74 Å². The Labute approximate surface area is 129 Å². The van der Waals surface area contributed by atoms with Gasteiger partial charge in [0.05, 0.1) is 5.41 Å². The number of fused-ring (bicyclic) bond motifs is 1. The molecule has 4 fully saturated rings. The number of carbonyl (C=O) groups is 1. The van der Waals surface area contributed by atoms with Crippen molar-refractivity contribution < 1.29 is 9.53 Å². The molecule has 2 nitrogen and oxygen atoms in total. The van der Waals surface area contributed by atoms with E-state index >= 15 is 0 Å². The highest BCUT2D eigenvalue weighted by Gasteiger charge is 2.80. The minimum absolute atomic E-state index is 0.00285. The average molecular weight is 290 g/mol. The second-order valence-corrected chi connectivity index (χ2v) is 9.68. The number of hydrogen-bond donors (Lipinski definition) is 0. The van der Waals surface area contributed by atoms with Gasteiger partial charge in [0, 0.05) is 5.41 Å². The Balaban J connectivity index is 1.57. The maximum absolute atomic E-state index is 12.6. The van der Waals surface area contributed by atoms with Crippen LogP contribution < -0.4 is 0 Å². The highest BCUT2D eigenvalue weighted by Crippen LogP contribution is 2.86. The lowest BCUT2D eigenvalue weighted by Crippen LogP contribution is -2.60. The molecular formula is C19H30O2. The fourth-order valence-electron chi connectivity index (χ4n) is 6.40. The van der Waals surface area contributed by atoms with Gasteiger partial charge in [-0.3, -0.25) is 4.79 Å². The molecule has 0 aromatic carbocycles. The van der Waals surface area contributed by atoms with Gasteiger partial charge in [-0.25, -0.2) is 0 Å². The normalized spacial score (nSPS) is 46.6. The van der Waals surface area contributed by atoms with Crippen molar-refractivity contribution in [2.45, 2.75) is 78.7 Å². The average Bonchev–Trinajstić information content (AvgIpc) is 2.85. The van der Waals surface area contributed by atoms with E-state index in [1.807, 2.05) is 13.8 Å². The van der Waals surface area contributed by atoms with Crippen molar-refractivity contribution in [3.63, 3.8) is 0 Å². The quantitative estimate of drug-likeness (QED) is 0.709. The van der Waals surface area contributed by atoms with Crippen LogP contribution in [0.3, 0.4) is 0 Å². The maximum Gasteiger partial charge on any atom is 0.312 e. The molecule has 2 heteroatoms. The van der Waals surface area contributed by atoms with Crippen LogP contribution >= 0.6 is 0 Å². The molecule has 0 amide bonds. The maximum atomic E-state index is 12.6. The van der Waals surface area contributed by atoms with Gasteiger partial charge in [0.15, 0.2) is 0 Å². The smallest absolute Gasteiger partial charge is 0.312 e. The fraction of sp³-hybridized carbons (Fsp3) is 0.947. The third kappa shape index (κ3) is 1.43. The van der Waals surface area contributed by atoms with Gasteiger partial charge < -0.3 is 4.74 Å². The summed E-state index contributed by atoms with van der Waals surface area (Å²) >= 11 is 0. The summed E-state index contributed by atoms with van der Waals surface area (Å²) in [5.41, 5.74) is 0.311. The molecule has 0 N–H and O–H groups in total. The van der Waals surface area contributed by atoms with Crippen molar-refractivity contribution in [2.24, 2.45) is 34.0 Å². The number of esters is 1. The van der Waals surface area contributed by atoms with Crippen LogP contribution in [0.25, 0.3) is 0 Å². The zero-order valence-corrected chi connectivity index (χ0v) is 14.3. The number of carbonyl (C=O) groups excluding carboxylic acids is 1. The predicted octanol–water partition coefficient (Wildman–Crippen LogP) is 4.57. The zero-order valence-electron chi connectivity index (χ0n) is 14.3. The fourth-order valence-corrected chi connectivity index (χ4v) is 6.40. The second-order valence-electron chi connectivity index (χ2n) is 9.68. The van der Waals surface area contributed by atoms with Crippen LogP contribution in [0.15, 0.2) is 0 Å². The first kappa shape index (κ1) is 14.1. The first-order chi connectivity index (χ1) is 9.67. The Kier molecular flexibility index (Phi) is 2.47. The van der Waals surface area contributed by atoms with E-state index < -0.39 is 0 Å². The largest absolute Gasteiger partial charge is 0.459 e. The summed E-state index contributed by atoms with van der Waals surface area (Å²) < 4.78 is 6.15. The van der Waals surface area contributed by atoms with Gasteiger partial charge in [0.1, 0.15) is 5.60 Å². The van der Waals surface area contributed by atoms with E-state index in [9.17, 15) is 4.79 Å². The van der Waals surface area contributed by atoms with Gasteiger partial charge >= 0.3 is 5.97 Å². The van der Waals surface area contributed by atoms with Gasteiger partial charge in [-0.1, -0.05) is 6.92 Å². The molecule has 0 saturated heterocycles. The lowest BCUT2D eigenvalue weighted by molar-refractivity contribution is -0.194. The Morgan fingerprint density at radius 2 is 1.67 bits per heavy atom. The van der Waals surface area contributed by atoms with Gasteiger partial charge in [0.25, 0.3) is 0 Å². The SMILES string of the molecule is CCC(C)(C)C(=O)OC(C)(C)C12CC3CC4CC(C1)C43C2. The molecule has 4 saturated carbocycles. The van der Waals surface area contributed by atoms with Crippen molar-refractivity contribution in [3.8, 4) is 0 Å². The van der Waals surface area contributed by atoms with E-state index in [0.717, 1.165) is 24.2 Å². The molecule has 1 spiro atoms. The molecule has 2 bridgehead atoms. The molecule has 0 aromatic heterocycles. The van der Waals surface area contributed by atoms with Gasteiger partial charge in [-0.15, -0.1) is 0 Å². The van der Waals surface area contributed by atoms with E-state index in [0.29, 0.717) is 5.41 Å². The monoisotopic (exact) mass is 290 g/mol. The lowest BCUT2D eigenvalue weighted by atomic mass is 9.38. The Bertz CT molecular complexity index is 486. The Morgan fingerprint density at radius 1 is 1.10 bits per heavy atom. The number of ether oxygens (including phenoxy) is 1. The summed E-state index contributed by atoms with van der Waals surface area (Å²) in [6, 6.07) is 0. The highest BCUT2D eigenvalue weighted by molar-refractivity contribution is 5.76. The molecule has 0 radical (unpaired) electrons. The molecule has 4 aliphatic rings. The molecule has 4 rings (SSSR count). The van der Waals surface area contributed by atoms with Gasteiger partial charge in [-0.05, 0) is 89.4 Å². The minimum Gasteiger partial charge on any atom is -0.459 e. The van der Waals surface area contributed by atoms with Crippen LogP contribution in [0, 0.1) is 34.0 Å². The molecule has 21 heavy (non-hydrogen) atoms. The number of rotatable bonds is 4. The topological polar surface area (TPSA) is 26.3 Å². The highest BCUT2D eigenvalue weighted by atomic mass is 16.6. The zero-order chi connectivity index (χ0) is 15.3. The molecule has 2 atom stereocenters. The van der Waals surface area contributed by atoms with E-state index in [1.165, 1.54) is 32.1 Å². The third-order valence-corrected chi connectivity index (χ3v) is 8.40. The van der Waals surface area contributed by atoms with Crippen LogP contribution in [0.2, 0.25) is 0 Å². The summed E-state index contributed by atoms with van der Waals surface area (Å²) in [5.74, 6) is 2.92. The van der Waals surface area contributed by atoms with E-state index in [1.54, 1.807) is 0 Å². The van der Waals surface area contributed by atoms with Gasteiger partial charge in [-0.2, -0.15) is 0 Å². The standard InChI is InChI=1S/C19H30O2/c1-6-16(2,3)15(20)21-17(4,5)18-9-13-7-12-8-14(10-18)19(12,13)11-18/h12-14H,6-11H2,1-5H3. The summed E-state index contributed by atoms with van der Waals surface area (Å²) in [6.07, 6.45) is 7.73. The minimum atomic E-state index is -0.357. The molecule has 4 aliphatic carbocycles. The molecule has 0 aliphatic heterocycles. The summed E-state index contributed by atoms with van der Waals surface area (Å²) in [7, 11) is 0. The molecule has 0 heterocycles. The molecule has 0 aromatic rings. The van der Waals surface area contributed by atoms with Crippen molar-refractivity contribution >= 4 is 5.97 Å². The summed E-state index contributed by atoms with van der Waals surface area (Å²) in [5, 5.41) is 0.